The van der Waals surface area contributed by atoms with E-state index in [1.54, 1.807) is 26.0 Å². The third kappa shape index (κ3) is 3.38. The summed E-state index contributed by atoms with van der Waals surface area (Å²) in [5.41, 5.74) is 1.40. The van der Waals surface area contributed by atoms with Gasteiger partial charge in [0.05, 0.1) is 10.9 Å². The summed E-state index contributed by atoms with van der Waals surface area (Å²) in [6, 6.07) is 7.89. The maximum absolute atomic E-state index is 13.6. The van der Waals surface area contributed by atoms with Gasteiger partial charge in [-0.05, 0) is 48.2 Å². The van der Waals surface area contributed by atoms with Crippen LogP contribution in [0.4, 0.5) is 17.6 Å². The molecule has 0 aromatic heterocycles. The Bertz CT molecular complexity index is 621. The highest BCUT2D eigenvalue weighted by atomic mass is 35.5. The van der Waals surface area contributed by atoms with E-state index in [-0.39, 0.29) is 5.82 Å². The third-order valence-electron chi connectivity index (χ3n) is 3.28. The molecule has 2 aromatic carbocycles. The van der Waals surface area contributed by atoms with Crippen LogP contribution in [-0.4, -0.2) is 0 Å². The number of benzene rings is 2. The summed E-state index contributed by atoms with van der Waals surface area (Å²) in [6.07, 6.45) is -4.37. The van der Waals surface area contributed by atoms with Crippen LogP contribution in [0.25, 0.3) is 0 Å². The second-order valence-electron chi connectivity index (χ2n) is 4.95. The highest BCUT2D eigenvalue weighted by Crippen LogP contribution is 2.34. The molecular formula is C16H13ClF4. The SMILES string of the molecule is Cc1cc(C(Cl)c2ccc(C(F)(F)F)cc2)cc(C)c1F. The van der Waals surface area contributed by atoms with Gasteiger partial charge in [0.2, 0.25) is 0 Å². The van der Waals surface area contributed by atoms with Gasteiger partial charge in [-0.1, -0.05) is 24.3 Å². The summed E-state index contributed by atoms with van der Waals surface area (Å²) in [7, 11) is 0. The normalized spacial score (nSPS) is 13.3. The van der Waals surface area contributed by atoms with E-state index >= 15 is 0 Å². The van der Waals surface area contributed by atoms with Crippen LogP contribution in [0, 0.1) is 19.7 Å². The van der Waals surface area contributed by atoms with Gasteiger partial charge in [0.25, 0.3) is 0 Å². The number of hydrogen-bond donors (Lipinski definition) is 0. The van der Waals surface area contributed by atoms with Crippen molar-refractivity contribution in [3.05, 3.63) is 70.0 Å². The zero-order valence-corrected chi connectivity index (χ0v) is 12.2. The van der Waals surface area contributed by atoms with E-state index in [2.05, 4.69) is 0 Å². The first-order valence-electron chi connectivity index (χ1n) is 6.28. The van der Waals surface area contributed by atoms with E-state index < -0.39 is 17.1 Å². The summed E-state index contributed by atoms with van der Waals surface area (Å²) in [5.74, 6) is -0.296. The van der Waals surface area contributed by atoms with Gasteiger partial charge in [-0.3, -0.25) is 0 Å². The molecule has 2 aromatic rings. The minimum atomic E-state index is -4.37. The molecule has 0 nitrogen and oxygen atoms in total. The second-order valence-corrected chi connectivity index (χ2v) is 5.39. The maximum atomic E-state index is 13.6. The molecule has 1 atom stereocenters. The summed E-state index contributed by atoms with van der Waals surface area (Å²) < 4.78 is 51.2. The van der Waals surface area contributed by atoms with E-state index in [1.807, 2.05) is 0 Å². The molecule has 0 fully saturated rings. The van der Waals surface area contributed by atoms with E-state index in [4.69, 9.17) is 11.6 Å². The Morgan fingerprint density at radius 2 is 1.38 bits per heavy atom. The molecule has 0 aliphatic carbocycles. The lowest BCUT2D eigenvalue weighted by atomic mass is 9.99. The number of hydrogen-bond acceptors (Lipinski definition) is 0. The Morgan fingerprint density at radius 1 is 0.905 bits per heavy atom. The smallest absolute Gasteiger partial charge is 0.206 e. The lowest BCUT2D eigenvalue weighted by molar-refractivity contribution is -0.137. The number of aryl methyl sites for hydroxylation is 2. The molecule has 2 rings (SSSR count). The number of alkyl halides is 4. The Kier molecular flexibility index (Phi) is 4.28. The average Bonchev–Trinajstić information content (AvgIpc) is 2.42. The lowest BCUT2D eigenvalue weighted by Gasteiger charge is -2.14. The number of halogens is 5. The third-order valence-corrected chi connectivity index (χ3v) is 3.79. The Morgan fingerprint density at radius 3 is 1.81 bits per heavy atom. The summed E-state index contributed by atoms with van der Waals surface area (Å²) in [5, 5.41) is -0.620. The van der Waals surface area contributed by atoms with Gasteiger partial charge in [-0.15, -0.1) is 11.6 Å². The van der Waals surface area contributed by atoms with E-state index in [1.165, 1.54) is 12.1 Å². The number of rotatable bonds is 2. The molecule has 0 radical (unpaired) electrons. The van der Waals surface area contributed by atoms with Crippen molar-refractivity contribution in [2.75, 3.05) is 0 Å². The minimum Gasteiger partial charge on any atom is -0.206 e. The van der Waals surface area contributed by atoms with Crippen LogP contribution in [0.2, 0.25) is 0 Å². The molecular weight excluding hydrogens is 304 g/mol. The first kappa shape index (κ1) is 15.8. The largest absolute Gasteiger partial charge is 0.416 e. The van der Waals surface area contributed by atoms with Crippen molar-refractivity contribution in [2.24, 2.45) is 0 Å². The molecule has 0 amide bonds. The van der Waals surface area contributed by atoms with Crippen molar-refractivity contribution >= 4 is 11.6 Å². The van der Waals surface area contributed by atoms with Gasteiger partial charge in [0.15, 0.2) is 0 Å². The molecule has 112 valence electrons. The van der Waals surface area contributed by atoms with Crippen LogP contribution in [0.1, 0.15) is 33.2 Å². The van der Waals surface area contributed by atoms with E-state index in [9.17, 15) is 17.6 Å². The summed E-state index contributed by atoms with van der Waals surface area (Å²) in [4.78, 5) is 0. The molecule has 5 heteroatoms. The van der Waals surface area contributed by atoms with Gasteiger partial charge < -0.3 is 0 Å². The van der Waals surface area contributed by atoms with Crippen molar-refractivity contribution < 1.29 is 17.6 Å². The first-order chi connectivity index (χ1) is 9.70. The van der Waals surface area contributed by atoms with Gasteiger partial charge in [0, 0.05) is 0 Å². The summed E-state index contributed by atoms with van der Waals surface area (Å²) >= 11 is 6.29. The van der Waals surface area contributed by atoms with Gasteiger partial charge in [-0.2, -0.15) is 13.2 Å². The molecule has 21 heavy (non-hydrogen) atoms. The zero-order valence-electron chi connectivity index (χ0n) is 11.4. The fourth-order valence-corrected chi connectivity index (χ4v) is 2.43. The monoisotopic (exact) mass is 316 g/mol. The highest BCUT2D eigenvalue weighted by molar-refractivity contribution is 6.22. The highest BCUT2D eigenvalue weighted by Gasteiger charge is 2.30. The minimum absolute atomic E-state index is 0.296. The van der Waals surface area contributed by atoms with Crippen molar-refractivity contribution in [3.8, 4) is 0 Å². The fourth-order valence-electron chi connectivity index (χ4n) is 2.16. The molecule has 0 heterocycles. The topological polar surface area (TPSA) is 0 Å². The molecule has 0 spiro atoms. The van der Waals surface area contributed by atoms with Gasteiger partial charge in [0.1, 0.15) is 5.82 Å². The molecule has 0 saturated carbocycles. The van der Waals surface area contributed by atoms with Crippen molar-refractivity contribution in [1.29, 1.82) is 0 Å². The van der Waals surface area contributed by atoms with Crippen molar-refractivity contribution in [1.82, 2.24) is 0 Å². The molecule has 0 aliphatic heterocycles. The van der Waals surface area contributed by atoms with Crippen LogP contribution < -0.4 is 0 Å². The van der Waals surface area contributed by atoms with Crippen LogP contribution in [0.5, 0.6) is 0 Å². The Balaban J connectivity index is 2.34. The Hall–Kier alpha value is -1.55. The predicted molar refractivity (Wildman–Crippen MR) is 75.0 cm³/mol. The van der Waals surface area contributed by atoms with Gasteiger partial charge >= 0.3 is 6.18 Å². The first-order valence-corrected chi connectivity index (χ1v) is 6.71. The van der Waals surface area contributed by atoms with E-state index in [0.717, 1.165) is 12.1 Å². The molecule has 0 bridgehead atoms. The van der Waals surface area contributed by atoms with Crippen LogP contribution in [-0.2, 0) is 6.18 Å². The zero-order chi connectivity index (χ0) is 15.8. The maximum Gasteiger partial charge on any atom is 0.416 e. The molecule has 0 aliphatic rings. The predicted octanol–water partition coefficient (Wildman–Crippen LogP) is 5.79. The van der Waals surface area contributed by atoms with Crippen LogP contribution in [0.15, 0.2) is 36.4 Å². The quantitative estimate of drug-likeness (QED) is 0.486. The average molecular weight is 317 g/mol. The van der Waals surface area contributed by atoms with Crippen molar-refractivity contribution in [2.45, 2.75) is 25.4 Å². The Labute approximate surface area is 125 Å². The second kappa shape index (κ2) is 5.68. The lowest BCUT2D eigenvalue weighted by Crippen LogP contribution is -2.05. The van der Waals surface area contributed by atoms with Crippen LogP contribution >= 0.6 is 11.6 Å². The van der Waals surface area contributed by atoms with E-state index in [0.29, 0.717) is 22.3 Å². The molecule has 0 saturated heterocycles. The summed E-state index contributed by atoms with van der Waals surface area (Å²) in [6.45, 7) is 3.25. The molecule has 1 unspecified atom stereocenters. The fraction of sp³-hybridized carbons (Fsp3) is 0.250. The van der Waals surface area contributed by atoms with Crippen LogP contribution in [0.3, 0.4) is 0 Å². The molecule has 0 N–H and O–H groups in total. The standard InChI is InChI=1S/C16H13ClF4/c1-9-7-12(8-10(2)15(9)18)14(17)11-3-5-13(6-4-11)16(19,20)21/h3-8,14H,1-2H3. The van der Waals surface area contributed by atoms with Gasteiger partial charge in [-0.25, -0.2) is 4.39 Å². The van der Waals surface area contributed by atoms with Crippen molar-refractivity contribution in [3.63, 3.8) is 0 Å².